The van der Waals surface area contributed by atoms with E-state index in [1.54, 1.807) is 12.1 Å². The van der Waals surface area contributed by atoms with Gasteiger partial charge in [-0.25, -0.2) is 9.97 Å². The van der Waals surface area contributed by atoms with E-state index in [9.17, 15) is 5.11 Å². The molecule has 0 saturated carbocycles. The van der Waals surface area contributed by atoms with Gasteiger partial charge in [-0.15, -0.1) is 0 Å². The summed E-state index contributed by atoms with van der Waals surface area (Å²) >= 11 is 5.85. The molecule has 0 aliphatic carbocycles. The Hall–Kier alpha value is -1.91. The van der Waals surface area contributed by atoms with Crippen molar-refractivity contribution in [3.63, 3.8) is 0 Å². The van der Waals surface area contributed by atoms with Gasteiger partial charge >= 0.3 is 0 Å². The van der Waals surface area contributed by atoms with Crippen molar-refractivity contribution >= 4 is 22.5 Å². The molecule has 1 aromatic carbocycles. The summed E-state index contributed by atoms with van der Waals surface area (Å²) in [5.41, 5.74) is 2.08. The topological polar surface area (TPSA) is 50.9 Å². The molecule has 0 atom stereocenters. The Labute approximate surface area is 119 Å². The molecule has 0 fully saturated rings. The predicted molar refractivity (Wildman–Crippen MR) is 74.9 cm³/mol. The fourth-order valence-corrected chi connectivity index (χ4v) is 2.24. The molecular formula is C14H12ClN3O. The summed E-state index contributed by atoms with van der Waals surface area (Å²) in [4.78, 5) is 8.01. The van der Waals surface area contributed by atoms with Crippen LogP contribution in [-0.2, 0) is 13.6 Å². The monoisotopic (exact) mass is 276 g/mol. The van der Waals surface area contributed by atoms with Gasteiger partial charge in [0.1, 0.15) is 0 Å². The van der Waals surface area contributed by atoms with E-state index < -0.39 is 6.98 Å². The molecule has 0 bridgehead atoms. The van der Waals surface area contributed by atoms with Crippen molar-refractivity contribution in [3.8, 4) is 11.3 Å². The Morgan fingerprint density at radius 3 is 3.05 bits per heavy atom. The number of benzene rings is 1. The van der Waals surface area contributed by atoms with Crippen LogP contribution in [0.2, 0.25) is 5.28 Å². The minimum Gasteiger partial charge on any atom is -0.392 e. The quantitative estimate of drug-likeness (QED) is 0.732. The second-order valence-corrected chi connectivity index (χ2v) is 4.44. The van der Waals surface area contributed by atoms with Gasteiger partial charge in [0.05, 0.1) is 12.3 Å². The number of aliphatic hydroxyl groups excluding tert-OH is 1. The van der Waals surface area contributed by atoms with Gasteiger partial charge in [-0.05, 0) is 17.7 Å². The number of fused-ring (bicyclic) bond motifs is 1. The van der Waals surface area contributed by atoms with Crippen LogP contribution in [0.4, 0.5) is 0 Å². The first-order valence-corrected chi connectivity index (χ1v) is 6.03. The standard InChI is InChI=1S/C14H12ClN3O/c1-18-7-11(10-4-2-3-5-12(10)18)13-9(8-19)6-16-14(15)17-13/h2-7,19H,8H2,1H3/i1D3. The number of aliphatic hydroxyl groups is 1. The van der Waals surface area contributed by atoms with E-state index in [1.165, 1.54) is 17.0 Å². The van der Waals surface area contributed by atoms with Crippen LogP contribution >= 0.6 is 11.6 Å². The number of nitrogens with zero attached hydrogens (tertiary/aromatic N) is 3. The summed E-state index contributed by atoms with van der Waals surface area (Å²) < 4.78 is 24.2. The summed E-state index contributed by atoms with van der Waals surface area (Å²) in [5, 5.41) is 10.2. The van der Waals surface area contributed by atoms with E-state index >= 15 is 0 Å². The molecular weight excluding hydrogens is 262 g/mol. The average molecular weight is 277 g/mol. The third-order valence-electron chi connectivity index (χ3n) is 2.97. The van der Waals surface area contributed by atoms with Gasteiger partial charge in [-0.3, -0.25) is 0 Å². The van der Waals surface area contributed by atoms with Gasteiger partial charge in [0.2, 0.25) is 5.28 Å². The minimum absolute atomic E-state index is 0.0397. The van der Waals surface area contributed by atoms with Crippen LogP contribution in [-0.4, -0.2) is 19.6 Å². The molecule has 19 heavy (non-hydrogen) atoms. The van der Waals surface area contributed by atoms with E-state index in [0.29, 0.717) is 22.3 Å². The molecule has 0 aliphatic heterocycles. The molecule has 2 heterocycles. The fraction of sp³-hybridized carbons (Fsp3) is 0.143. The number of hydrogen-bond acceptors (Lipinski definition) is 3. The Morgan fingerprint density at radius 2 is 2.26 bits per heavy atom. The van der Waals surface area contributed by atoms with Crippen molar-refractivity contribution in [1.82, 2.24) is 14.5 Å². The summed E-state index contributed by atoms with van der Waals surface area (Å²) in [6.45, 7) is -2.58. The van der Waals surface area contributed by atoms with E-state index in [2.05, 4.69) is 9.97 Å². The predicted octanol–water partition coefficient (Wildman–Crippen LogP) is 2.78. The highest BCUT2D eigenvalue weighted by molar-refractivity contribution is 6.28. The summed E-state index contributed by atoms with van der Waals surface area (Å²) in [5.74, 6) is 0. The van der Waals surface area contributed by atoms with Gasteiger partial charge < -0.3 is 9.67 Å². The van der Waals surface area contributed by atoms with Crippen LogP contribution in [0, 0.1) is 0 Å². The molecule has 0 saturated heterocycles. The van der Waals surface area contributed by atoms with Crippen molar-refractivity contribution in [3.05, 3.63) is 47.5 Å². The van der Waals surface area contributed by atoms with Crippen LogP contribution in [0.5, 0.6) is 0 Å². The lowest BCUT2D eigenvalue weighted by Gasteiger charge is -2.05. The van der Waals surface area contributed by atoms with E-state index in [1.807, 2.05) is 12.1 Å². The lowest BCUT2D eigenvalue weighted by atomic mass is 10.1. The van der Waals surface area contributed by atoms with E-state index in [0.717, 1.165) is 5.39 Å². The molecule has 4 nitrogen and oxygen atoms in total. The number of rotatable bonds is 2. The first kappa shape index (κ1) is 9.07. The third-order valence-corrected chi connectivity index (χ3v) is 3.15. The van der Waals surface area contributed by atoms with E-state index in [-0.39, 0.29) is 11.9 Å². The van der Waals surface area contributed by atoms with Gasteiger partial charge in [0.25, 0.3) is 0 Å². The molecule has 0 spiro atoms. The van der Waals surface area contributed by atoms with Crippen LogP contribution in [0.3, 0.4) is 0 Å². The lowest BCUT2D eigenvalue weighted by Crippen LogP contribution is -1.95. The molecule has 0 radical (unpaired) electrons. The van der Waals surface area contributed by atoms with Crippen molar-refractivity contribution in [1.29, 1.82) is 0 Å². The second-order valence-electron chi connectivity index (χ2n) is 4.10. The normalized spacial score (nSPS) is 14.1. The first-order chi connectivity index (χ1) is 10.4. The zero-order chi connectivity index (χ0) is 15.9. The van der Waals surface area contributed by atoms with Gasteiger partial charge in [0, 0.05) is 45.5 Å². The average Bonchev–Trinajstić information content (AvgIpc) is 2.86. The summed E-state index contributed by atoms with van der Waals surface area (Å²) in [7, 11) is 0. The molecule has 0 aliphatic rings. The van der Waals surface area contributed by atoms with Crippen LogP contribution in [0.1, 0.15) is 9.68 Å². The zero-order valence-electron chi connectivity index (χ0n) is 12.8. The smallest absolute Gasteiger partial charge is 0.222 e. The first-order valence-electron chi connectivity index (χ1n) is 7.15. The molecule has 3 aromatic rings. The van der Waals surface area contributed by atoms with Crippen LogP contribution in [0.15, 0.2) is 36.7 Å². The Morgan fingerprint density at radius 1 is 1.42 bits per heavy atom. The SMILES string of the molecule is [2H]C([2H])([2H])n1cc(-c2nc(Cl)ncc2CO)c2ccccc21. The number of hydrogen-bond donors (Lipinski definition) is 1. The highest BCUT2D eigenvalue weighted by Gasteiger charge is 2.14. The fourth-order valence-electron chi connectivity index (χ4n) is 2.10. The van der Waals surface area contributed by atoms with Crippen molar-refractivity contribution < 1.29 is 9.22 Å². The van der Waals surface area contributed by atoms with Crippen LogP contribution in [0.25, 0.3) is 22.2 Å². The molecule has 0 amide bonds. The Balaban J connectivity index is 2.35. The Kier molecular flexibility index (Phi) is 2.22. The molecule has 1 N–H and O–H groups in total. The van der Waals surface area contributed by atoms with Gasteiger partial charge in [-0.1, -0.05) is 18.2 Å². The third kappa shape index (κ3) is 1.99. The summed E-state index contributed by atoms with van der Waals surface area (Å²) in [6.07, 6.45) is 2.95. The molecule has 2 aromatic heterocycles. The minimum atomic E-state index is -2.31. The van der Waals surface area contributed by atoms with E-state index in [4.69, 9.17) is 15.7 Å². The highest BCUT2D eigenvalue weighted by atomic mass is 35.5. The molecule has 96 valence electrons. The zero-order valence-corrected chi connectivity index (χ0v) is 10.6. The maximum absolute atomic E-state index is 9.47. The van der Waals surface area contributed by atoms with Crippen molar-refractivity contribution in [2.75, 3.05) is 0 Å². The Bertz CT molecular complexity index is 845. The second kappa shape index (κ2) is 4.64. The molecule has 3 rings (SSSR count). The molecule has 0 unspecified atom stereocenters. The van der Waals surface area contributed by atoms with Gasteiger partial charge in [0.15, 0.2) is 0 Å². The number of halogens is 1. The highest BCUT2D eigenvalue weighted by Crippen LogP contribution is 2.31. The number of para-hydroxylation sites is 1. The number of aryl methyl sites for hydroxylation is 1. The van der Waals surface area contributed by atoms with Gasteiger partial charge in [-0.2, -0.15) is 0 Å². The van der Waals surface area contributed by atoms with Crippen LogP contribution < -0.4 is 0 Å². The maximum atomic E-state index is 9.47. The van der Waals surface area contributed by atoms with Crippen molar-refractivity contribution in [2.45, 2.75) is 6.61 Å². The lowest BCUT2D eigenvalue weighted by molar-refractivity contribution is 0.281. The van der Waals surface area contributed by atoms with Crippen molar-refractivity contribution in [2.24, 2.45) is 6.98 Å². The molecule has 5 heteroatoms. The summed E-state index contributed by atoms with van der Waals surface area (Å²) in [6, 6.07) is 7.13. The number of aromatic nitrogens is 3. The largest absolute Gasteiger partial charge is 0.392 e. The maximum Gasteiger partial charge on any atom is 0.222 e.